The first kappa shape index (κ1) is 17.6. The van der Waals surface area contributed by atoms with E-state index in [-0.39, 0.29) is 35.1 Å². The number of aromatic nitrogens is 2. The Bertz CT molecular complexity index is 920. The van der Waals surface area contributed by atoms with Gasteiger partial charge in [0.1, 0.15) is 11.6 Å². The van der Waals surface area contributed by atoms with Gasteiger partial charge in [0, 0.05) is 17.2 Å². The zero-order valence-electron chi connectivity index (χ0n) is 13.0. The van der Waals surface area contributed by atoms with Crippen molar-refractivity contribution >= 4 is 5.78 Å². The van der Waals surface area contributed by atoms with Crippen LogP contribution >= 0.6 is 0 Å². The Balaban J connectivity index is 1.67. The van der Waals surface area contributed by atoms with Crippen LogP contribution in [0.5, 0.6) is 5.75 Å². The number of Topliss-reactive ketones (excluding diaryl/α,β-unsaturated/α-hetero) is 1. The van der Waals surface area contributed by atoms with Crippen molar-refractivity contribution < 1.29 is 31.6 Å². The summed E-state index contributed by atoms with van der Waals surface area (Å²) in [6.07, 6.45) is -4.73. The minimum absolute atomic E-state index is 0.210. The van der Waals surface area contributed by atoms with Crippen LogP contribution in [0, 0.1) is 5.82 Å². The number of rotatable bonds is 5. The number of ether oxygens (including phenoxy) is 1. The molecule has 9 heteroatoms. The average molecular weight is 366 g/mol. The highest BCUT2D eigenvalue weighted by molar-refractivity contribution is 5.97. The Kier molecular flexibility index (Phi) is 4.70. The van der Waals surface area contributed by atoms with Gasteiger partial charge in [0.05, 0.1) is 0 Å². The Morgan fingerprint density at radius 3 is 2.46 bits per heavy atom. The summed E-state index contributed by atoms with van der Waals surface area (Å²) >= 11 is 0. The zero-order valence-corrected chi connectivity index (χ0v) is 13.0. The molecule has 0 N–H and O–H groups in total. The third kappa shape index (κ3) is 4.05. The van der Waals surface area contributed by atoms with E-state index in [4.69, 9.17) is 4.74 Å². The van der Waals surface area contributed by atoms with Crippen LogP contribution in [0.4, 0.5) is 17.6 Å². The molecular formula is C17H10F4N2O3. The molecule has 3 rings (SSSR count). The van der Waals surface area contributed by atoms with Crippen molar-refractivity contribution in [2.75, 3.05) is 6.61 Å². The molecule has 0 aliphatic heterocycles. The zero-order chi connectivity index (χ0) is 18.7. The van der Waals surface area contributed by atoms with Crippen molar-refractivity contribution in [3.63, 3.8) is 0 Å². The maximum atomic E-state index is 13.0. The predicted octanol–water partition coefficient (Wildman–Crippen LogP) is 4.16. The molecule has 0 atom stereocenters. The van der Waals surface area contributed by atoms with E-state index in [0.717, 1.165) is 6.07 Å². The number of nitrogens with zero attached hydrogens (tertiary/aromatic N) is 2. The highest BCUT2D eigenvalue weighted by atomic mass is 19.4. The molecule has 0 fully saturated rings. The second-order valence-electron chi connectivity index (χ2n) is 5.17. The molecule has 0 aliphatic rings. The largest absolute Gasteiger partial charge is 0.485 e. The number of hydrogen-bond donors (Lipinski definition) is 0. The standard InChI is InChI=1S/C17H10F4N2O3/c18-12-2-1-3-13(8-12)25-9-14(24)10-4-6-11(7-5-10)15-22-16(26-23-15)17(19,20)21/h1-8H,9H2. The molecule has 3 aromatic rings. The Labute approximate surface area is 144 Å². The number of carbonyl (C=O) groups is 1. The van der Waals surface area contributed by atoms with E-state index in [2.05, 4.69) is 14.7 Å². The molecule has 0 unspecified atom stereocenters. The monoisotopic (exact) mass is 366 g/mol. The van der Waals surface area contributed by atoms with Crippen LogP contribution in [0.15, 0.2) is 53.1 Å². The summed E-state index contributed by atoms with van der Waals surface area (Å²) < 4.78 is 59.8. The summed E-state index contributed by atoms with van der Waals surface area (Å²) in [5, 5.41) is 3.26. The summed E-state index contributed by atoms with van der Waals surface area (Å²) in [5.41, 5.74) is 0.525. The van der Waals surface area contributed by atoms with Gasteiger partial charge in [0.2, 0.25) is 5.82 Å². The van der Waals surface area contributed by atoms with Gasteiger partial charge in [0.15, 0.2) is 12.4 Å². The first-order chi connectivity index (χ1) is 12.3. The summed E-state index contributed by atoms with van der Waals surface area (Å²) in [6.45, 7) is -0.316. The smallest absolute Gasteiger partial charge is 0.471 e. The van der Waals surface area contributed by atoms with Gasteiger partial charge in [-0.25, -0.2) is 4.39 Å². The topological polar surface area (TPSA) is 65.2 Å². The molecule has 0 saturated carbocycles. The van der Waals surface area contributed by atoms with E-state index >= 15 is 0 Å². The number of carbonyl (C=O) groups excluding carboxylic acids is 1. The minimum Gasteiger partial charge on any atom is -0.485 e. The van der Waals surface area contributed by atoms with Crippen molar-refractivity contribution in [2.24, 2.45) is 0 Å². The predicted molar refractivity (Wildman–Crippen MR) is 81.0 cm³/mol. The Morgan fingerprint density at radius 2 is 1.85 bits per heavy atom. The van der Waals surface area contributed by atoms with E-state index in [1.54, 1.807) is 0 Å². The number of ketones is 1. The van der Waals surface area contributed by atoms with Crippen molar-refractivity contribution in [1.29, 1.82) is 0 Å². The fourth-order valence-electron chi connectivity index (χ4n) is 2.05. The van der Waals surface area contributed by atoms with Crippen LogP contribution < -0.4 is 4.74 Å². The third-order valence-corrected chi connectivity index (χ3v) is 3.30. The molecule has 1 heterocycles. The third-order valence-electron chi connectivity index (χ3n) is 3.30. The summed E-state index contributed by atoms with van der Waals surface area (Å²) in [6, 6.07) is 10.9. The summed E-state index contributed by atoms with van der Waals surface area (Å²) in [7, 11) is 0. The molecule has 2 aromatic carbocycles. The molecule has 0 aliphatic carbocycles. The van der Waals surface area contributed by atoms with E-state index in [1.165, 1.54) is 42.5 Å². The Morgan fingerprint density at radius 1 is 1.12 bits per heavy atom. The second kappa shape index (κ2) is 6.95. The van der Waals surface area contributed by atoms with Crippen LogP contribution in [0.1, 0.15) is 16.2 Å². The van der Waals surface area contributed by atoms with Crippen LogP contribution in [-0.2, 0) is 6.18 Å². The van der Waals surface area contributed by atoms with E-state index in [0.29, 0.717) is 0 Å². The van der Waals surface area contributed by atoms with Gasteiger partial charge >= 0.3 is 12.1 Å². The fraction of sp³-hybridized carbons (Fsp3) is 0.118. The van der Waals surface area contributed by atoms with Crippen LogP contribution in [0.3, 0.4) is 0 Å². The first-order valence-electron chi connectivity index (χ1n) is 7.26. The quantitative estimate of drug-likeness (QED) is 0.501. The van der Waals surface area contributed by atoms with Crippen molar-refractivity contribution in [1.82, 2.24) is 10.1 Å². The number of hydrogen-bond acceptors (Lipinski definition) is 5. The lowest BCUT2D eigenvalue weighted by molar-refractivity contribution is -0.159. The molecule has 0 saturated heterocycles. The van der Waals surface area contributed by atoms with Gasteiger partial charge < -0.3 is 9.26 Å². The number of halogens is 4. The van der Waals surface area contributed by atoms with Gasteiger partial charge in [-0.1, -0.05) is 35.5 Å². The van der Waals surface area contributed by atoms with Crippen LogP contribution in [-0.4, -0.2) is 22.5 Å². The van der Waals surface area contributed by atoms with Crippen molar-refractivity contribution in [3.05, 3.63) is 65.8 Å². The number of alkyl halides is 3. The highest BCUT2D eigenvalue weighted by Crippen LogP contribution is 2.29. The van der Waals surface area contributed by atoms with Gasteiger partial charge in [0.25, 0.3) is 0 Å². The average Bonchev–Trinajstić information content (AvgIpc) is 3.10. The molecule has 5 nitrogen and oxygen atoms in total. The summed E-state index contributed by atoms with van der Waals surface area (Å²) in [5.74, 6) is -2.35. The van der Waals surface area contributed by atoms with Gasteiger partial charge in [-0.15, -0.1) is 0 Å². The second-order valence-corrected chi connectivity index (χ2v) is 5.17. The van der Waals surface area contributed by atoms with Gasteiger partial charge in [-0.2, -0.15) is 18.2 Å². The normalized spacial score (nSPS) is 11.4. The maximum absolute atomic E-state index is 13.0. The van der Waals surface area contributed by atoms with Crippen molar-refractivity contribution in [3.8, 4) is 17.1 Å². The molecule has 0 bridgehead atoms. The minimum atomic E-state index is -4.73. The molecular weight excluding hydrogens is 356 g/mol. The lowest BCUT2D eigenvalue weighted by Crippen LogP contribution is -2.11. The molecule has 0 spiro atoms. The Hall–Kier alpha value is -3.23. The lowest BCUT2D eigenvalue weighted by Gasteiger charge is -2.06. The molecule has 0 radical (unpaired) electrons. The summed E-state index contributed by atoms with van der Waals surface area (Å²) in [4.78, 5) is 15.3. The van der Waals surface area contributed by atoms with Gasteiger partial charge in [-0.3, -0.25) is 4.79 Å². The van der Waals surface area contributed by atoms with E-state index in [9.17, 15) is 22.4 Å². The molecule has 26 heavy (non-hydrogen) atoms. The SMILES string of the molecule is O=C(COc1cccc(F)c1)c1ccc(-c2noc(C(F)(F)F)n2)cc1. The van der Waals surface area contributed by atoms with Crippen molar-refractivity contribution in [2.45, 2.75) is 6.18 Å². The molecule has 1 aromatic heterocycles. The first-order valence-corrected chi connectivity index (χ1v) is 7.26. The van der Waals surface area contributed by atoms with Crippen LogP contribution in [0.25, 0.3) is 11.4 Å². The van der Waals surface area contributed by atoms with Gasteiger partial charge in [-0.05, 0) is 12.1 Å². The highest BCUT2D eigenvalue weighted by Gasteiger charge is 2.38. The number of benzene rings is 2. The van der Waals surface area contributed by atoms with E-state index in [1.807, 2.05) is 0 Å². The van der Waals surface area contributed by atoms with Crippen LogP contribution in [0.2, 0.25) is 0 Å². The fourth-order valence-corrected chi connectivity index (χ4v) is 2.05. The maximum Gasteiger partial charge on any atom is 0.471 e. The molecule has 0 amide bonds. The van der Waals surface area contributed by atoms with E-state index < -0.39 is 17.9 Å². The lowest BCUT2D eigenvalue weighted by atomic mass is 10.1. The molecule has 134 valence electrons.